The monoisotopic (exact) mass is 254 g/mol. The smallest absolute Gasteiger partial charge is 0.319 e. The zero-order valence-electron chi connectivity index (χ0n) is 11.4. The number of hydrogen-bond acceptors (Lipinski definition) is 4. The molecule has 2 rings (SSSR count). The van der Waals surface area contributed by atoms with Crippen LogP contribution in [0.15, 0.2) is 0 Å². The van der Waals surface area contributed by atoms with Gasteiger partial charge in [0, 0.05) is 12.1 Å². The van der Waals surface area contributed by atoms with Gasteiger partial charge in [-0.2, -0.15) is 0 Å². The van der Waals surface area contributed by atoms with Crippen molar-refractivity contribution >= 4 is 5.97 Å². The van der Waals surface area contributed by atoms with Crippen LogP contribution in [0.1, 0.15) is 45.4 Å². The van der Waals surface area contributed by atoms with Gasteiger partial charge in [0.1, 0.15) is 0 Å². The zero-order chi connectivity index (χ0) is 12.8. The van der Waals surface area contributed by atoms with Gasteiger partial charge in [0.15, 0.2) is 0 Å². The van der Waals surface area contributed by atoms with E-state index in [0.29, 0.717) is 31.2 Å². The summed E-state index contributed by atoms with van der Waals surface area (Å²) in [4.78, 5) is 11.4. The standard InChI is InChI=1S/C14H26N2O2/c1-2-18-14(17)10-16-13-8-5-6-11(13)12-7-3-4-9-15-12/h11-13,15-16H,2-10H2,1H3. The van der Waals surface area contributed by atoms with Gasteiger partial charge in [-0.25, -0.2) is 0 Å². The second-order valence-corrected chi connectivity index (χ2v) is 5.44. The maximum Gasteiger partial charge on any atom is 0.319 e. The summed E-state index contributed by atoms with van der Waals surface area (Å²) in [5, 5.41) is 7.05. The lowest BCUT2D eigenvalue weighted by atomic mass is 9.88. The Morgan fingerprint density at radius 3 is 2.89 bits per heavy atom. The molecule has 2 aliphatic rings. The van der Waals surface area contributed by atoms with Crippen molar-refractivity contribution in [2.24, 2.45) is 5.92 Å². The Bertz CT molecular complexity index is 265. The molecule has 3 atom stereocenters. The summed E-state index contributed by atoms with van der Waals surface area (Å²) in [5.74, 6) is 0.569. The van der Waals surface area contributed by atoms with Crippen molar-refractivity contribution in [3.05, 3.63) is 0 Å². The van der Waals surface area contributed by atoms with Gasteiger partial charge in [0.2, 0.25) is 0 Å². The molecule has 2 N–H and O–H groups in total. The van der Waals surface area contributed by atoms with Crippen molar-refractivity contribution in [1.82, 2.24) is 10.6 Å². The molecule has 1 heterocycles. The first-order valence-electron chi connectivity index (χ1n) is 7.43. The lowest BCUT2D eigenvalue weighted by molar-refractivity contribution is -0.142. The zero-order valence-corrected chi connectivity index (χ0v) is 11.4. The quantitative estimate of drug-likeness (QED) is 0.729. The lowest BCUT2D eigenvalue weighted by Crippen LogP contribution is -2.47. The van der Waals surface area contributed by atoms with Crippen molar-refractivity contribution in [2.45, 2.75) is 57.5 Å². The molecule has 104 valence electrons. The van der Waals surface area contributed by atoms with Crippen LogP contribution in [0.5, 0.6) is 0 Å². The highest BCUT2D eigenvalue weighted by atomic mass is 16.5. The first-order valence-corrected chi connectivity index (χ1v) is 7.43. The molecule has 1 saturated heterocycles. The Hall–Kier alpha value is -0.610. The fraction of sp³-hybridized carbons (Fsp3) is 0.929. The lowest BCUT2D eigenvalue weighted by Gasteiger charge is -2.33. The van der Waals surface area contributed by atoms with Gasteiger partial charge < -0.3 is 15.4 Å². The Morgan fingerprint density at radius 2 is 2.17 bits per heavy atom. The second kappa shape index (κ2) is 7.10. The van der Waals surface area contributed by atoms with Crippen molar-refractivity contribution in [1.29, 1.82) is 0 Å². The summed E-state index contributed by atoms with van der Waals surface area (Å²) >= 11 is 0. The number of carbonyl (C=O) groups is 1. The summed E-state index contributed by atoms with van der Waals surface area (Å²) in [6, 6.07) is 1.14. The average molecular weight is 254 g/mol. The van der Waals surface area contributed by atoms with Gasteiger partial charge >= 0.3 is 5.97 Å². The topological polar surface area (TPSA) is 50.4 Å². The van der Waals surface area contributed by atoms with Crippen molar-refractivity contribution in [2.75, 3.05) is 19.7 Å². The first-order chi connectivity index (χ1) is 8.81. The van der Waals surface area contributed by atoms with Crippen LogP contribution in [0.4, 0.5) is 0 Å². The molecule has 0 bridgehead atoms. The number of nitrogens with one attached hydrogen (secondary N) is 2. The van der Waals surface area contributed by atoms with Gasteiger partial charge in [0.25, 0.3) is 0 Å². The second-order valence-electron chi connectivity index (χ2n) is 5.44. The molecule has 0 aromatic carbocycles. The van der Waals surface area contributed by atoms with Crippen LogP contribution in [-0.2, 0) is 9.53 Å². The van der Waals surface area contributed by atoms with Gasteiger partial charge in [-0.05, 0) is 45.1 Å². The van der Waals surface area contributed by atoms with Crippen LogP contribution < -0.4 is 10.6 Å². The molecule has 0 radical (unpaired) electrons. The Balaban J connectivity index is 1.77. The van der Waals surface area contributed by atoms with Crippen LogP contribution in [0.25, 0.3) is 0 Å². The molecule has 0 spiro atoms. The Kier molecular flexibility index (Phi) is 5.45. The van der Waals surface area contributed by atoms with E-state index >= 15 is 0 Å². The summed E-state index contributed by atoms with van der Waals surface area (Å²) in [7, 11) is 0. The minimum atomic E-state index is -0.125. The number of rotatable bonds is 5. The molecule has 0 amide bonds. The fourth-order valence-electron chi connectivity index (χ4n) is 3.39. The van der Waals surface area contributed by atoms with Gasteiger partial charge in [0.05, 0.1) is 13.2 Å². The molecule has 1 saturated carbocycles. The summed E-state index contributed by atoms with van der Waals surface area (Å²) < 4.78 is 4.97. The third kappa shape index (κ3) is 3.69. The predicted molar refractivity (Wildman–Crippen MR) is 71.4 cm³/mol. The van der Waals surface area contributed by atoms with Crippen molar-refractivity contribution < 1.29 is 9.53 Å². The first kappa shape index (κ1) is 13.8. The third-order valence-corrected chi connectivity index (χ3v) is 4.25. The van der Waals surface area contributed by atoms with Crippen LogP contribution in [-0.4, -0.2) is 37.7 Å². The molecule has 4 heteroatoms. The van der Waals surface area contributed by atoms with E-state index in [1.54, 1.807) is 0 Å². The molecule has 0 aromatic rings. The minimum absolute atomic E-state index is 0.125. The highest BCUT2D eigenvalue weighted by Gasteiger charge is 2.34. The van der Waals surface area contributed by atoms with E-state index in [1.165, 1.54) is 38.5 Å². The molecule has 1 aliphatic carbocycles. The van der Waals surface area contributed by atoms with Crippen LogP contribution >= 0.6 is 0 Å². The van der Waals surface area contributed by atoms with E-state index in [0.717, 1.165) is 6.54 Å². The fourth-order valence-corrected chi connectivity index (χ4v) is 3.39. The molecule has 18 heavy (non-hydrogen) atoms. The predicted octanol–water partition coefficient (Wildman–Crippen LogP) is 1.45. The van der Waals surface area contributed by atoms with E-state index in [4.69, 9.17) is 4.74 Å². The minimum Gasteiger partial charge on any atom is -0.465 e. The Labute approximate surface area is 110 Å². The largest absolute Gasteiger partial charge is 0.465 e. The van der Waals surface area contributed by atoms with Crippen LogP contribution in [0.2, 0.25) is 0 Å². The molecule has 4 nitrogen and oxygen atoms in total. The van der Waals surface area contributed by atoms with E-state index in [2.05, 4.69) is 10.6 Å². The number of esters is 1. The van der Waals surface area contributed by atoms with Crippen LogP contribution in [0.3, 0.4) is 0 Å². The van der Waals surface area contributed by atoms with E-state index < -0.39 is 0 Å². The maximum atomic E-state index is 11.4. The molecule has 0 aromatic heterocycles. The summed E-state index contributed by atoms with van der Waals surface area (Å²) in [6.45, 7) is 3.84. The number of hydrogen-bond donors (Lipinski definition) is 2. The van der Waals surface area contributed by atoms with Gasteiger partial charge in [-0.15, -0.1) is 0 Å². The SMILES string of the molecule is CCOC(=O)CNC1CCCC1C1CCCCN1. The van der Waals surface area contributed by atoms with Gasteiger partial charge in [-0.3, -0.25) is 4.79 Å². The highest BCUT2D eigenvalue weighted by Crippen LogP contribution is 2.31. The maximum absolute atomic E-state index is 11.4. The molecule has 2 fully saturated rings. The van der Waals surface area contributed by atoms with E-state index in [9.17, 15) is 4.79 Å². The number of piperidine rings is 1. The van der Waals surface area contributed by atoms with Crippen molar-refractivity contribution in [3.63, 3.8) is 0 Å². The molecule has 3 unspecified atom stereocenters. The highest BCUT2D eigenvalue weighted by molar-refractivity contribution is 5.71. The van der Waals surface area contributed by atoms with E-state index in [-0.39, 0.29) is 5.97 Å². The Morgan fingerprint density at radius 1 is 1.28 bits per heavy atom. The normalized spacial score (nSPS) is 32.4. The number of carbonyl (C=O) groups excluding carboxylic acids is 1. The molecular weight excluding hydrogens is 228 g/mol. The average Bonchev–Trinajstić information content (AvgIpc) is 2.86. The number of ether oxygens (including phenoxy) is 1. The van der Waals surface area contributed by atoms with Gasteiger partial charge in [-0.1, -0.05) is 12.8 Å². The summed E-state index contributed by atoms with van der Waals surface area (Å²) in [6.07, 6.45) is 7.72. The third-order valence-electron chi connectivity index (χ3n) is 4.25. The van der Waals surface area contributed by atoms with Crippen LogP contribution in [0, 0.1) is 5.92 Å². The van der Waals surface area contributed by atoms with E-state index in [1.807, 2.05) is 6.92 Å². The summed E-state index contributed by atoms with van der Waals surface area (Å²) in [5.41, 5.74) is 0. The van der Waals surface area contributed by atoms with Crippen molar-refractivity contribution in [3.8, 4) is 0 Å². The molecular formula is C14H26N2O2. The molecule has 1 aliphatic heterocycles.